The van der Waals surface area contributed by atoms with Crippen LogP contribution in [0.4, 0.5) is 4.39 Å². The van der Waals surface area contributed by atoms with Gasteiger partial charge in [0.25, 0.3) is 0 Å². The van der Waals surface area contributed by atoms with Gasteiger partial charge in [0.15, 0.2) is 11.6 Å². The van der Waals surface area contributed by atoms with Crippen LogP contribution in [0.5, 0.6) is 23.0 Å². The summed E-state index contributed by atoms with van der Waals surface area (Å²) < 4.78 is 30.4. The van der Waals surface area contributed by atoms with Gasteiger partial charge in [-0.3, -0.25) is 9.78 Å². The number of methoxy groups -OCH3 is 1. The zero-order valence-electron chi connectivity index (χ0n) is 17.1. The topological polar surface area (TPSA) is 69.7 Å². The number of amides is 1. The fourth-order valence-electron chi connectivity index (χ4n) is 2.63. The number of halogens is 1. The maximum Gasteiger partial charge on any atom is 0.244 e. The summed E-state index contributed by atoms with van der Waals surface area (Å²) in [6.07, 6.45) is 6.65. The number of benzene rings is 2. The SMILES string of the molecule is COc1cccc(OCCCNC(=O)/C=C/c2ccc(Oc3cccnc3)c(F)c2)c1. The van der Waals surface area contributed by atoms with Crippen LogP contribution in [0.15, 0.2) is 73.1 Å². The average Bonchev–Trinajstić information content (AvgIpc) is 2.80. The molecule has 0 spiro atoms. The summed E-state index contributed by atoms with van der Waals surface area (Å²) in [6, 6.07) is 15.2. The van der Waals surface area contributed by atoms with Gasteiger partial charge in [-0.05, 0) is 54.5 Å². The number of pyridine rings is 1. The van der Waals surface area contributed by atoms with Crippen LogP contribution in [0.3, 0.4) is 0 Å². The van der Waals surface area contributed by atoms with Crippen molar-refractivity contribution in [1.82, 2.24) is 10.3 Å². The van der Waals surface area contributed by atoms with E-state index in [9.17, 15) is 9.18 Å². The number of nitrogens with one attached hydrogen (secondary N) is 1. The Morgan fingerprint density at radius 1 is 1.10 bits per heavy atom. The molecule has 0 bridgehead atoms. The van der Waals surface area contributed by atoms with Crippen molar-refractivity contribution in [2.75, 3.05) is 20.3 Å². The minimum absolute atomic E-state index is 0.0886. The molecule has 0 fully saturated rings. The van der Waals surface area contributed by atoms with Crippen molar-refractivity contribution in [1.29, 1.82) is 0 Å². The molecule has 1 aromatic heterocycles. The second-order valence-corrected chi connectivity index (χ2v) is 6.49. The molecule has 0 saturated heterocycles. The highest BCUT2D eigenvalue weighted by Gasteiger charge is 2.06. The van der Waals surface area contributed by atoms with Crippen LogP contribution in [0.1, 0.15) is 12.0 Å². The molecule has 1 heterocycles. The highest BCUT2D eigenvalue weighted by molar-refractivity contribution is 5.91. The molecule has 0 radical (unpaired) electrons. The number of aromatic nitrogens is 1. The fourth-order valence-corrected chi connectivity index (χ4v) is 2.63. The van der Waals surface area contributed by atoms with Crippen LogP contribution in [-0.4, -0.2) is 31.2 Å². The first kappa shape index (κ1) is 21.8. The van der Waals surface area contributed by atoms with Crippen LogP contribution < -0.4 is 19.5 Å². The monoisotopic (exact) mass is 422 g/mol. The predicted octanol–water partition coefficient (Wildman–Crippen LogP) is 4.62. The smallest absolute Gasteiger partial charge is 0.244 e. The number of rotatable bonds is 10. The standard InChI is InChI=1S/C24H23FN2O4/c1-29-19-5-2-6-20(16-19)30-14-4-13-27-24(28)11-9-18-8-10-23(22(25)15-18)31-21-7-3-12-26-17-21/h2-3,5-12,15-17H,4,13-14H2,1H3,(H,27,28)/b11-9+. The maximum absolute atomic E-state index is 14.2. The van der Waals surface area contributed by atoms with E-state index < -0.39 is 5.82 Å². The summed E-state index contributed by atoms with van der Waals surface area (Å²) in [5, 5.41) is 2.76. The van der Waals surface area contributed by atoms with Gasteiger partial charge in [-0.1, -0.05) is 12.1 Å². The van der Waals surface area contributed by atoms with Crippen LogP contribution in [0.2, 0.25) is 0 Å². The molecule has 7 heteroatoms. The van der Waals surface area contributed by atoms with Gasteiger partial charge in [0.2, 0.25) is 5.91 Å². The third-order valence-electron chi connectivity index (χ3n) is 4.18. The minimum atomic E-state index is -0.527. The molecule has 3 rings (SSSR count). The lowest BCUT2D eigenvalue weighted by molar-refractivity contribution is -0.116. The first-order valence-electron chi connectivity index (χ1n) is 9.74. The second-order valence-electron chi connectivity index (χ2n) is 6.49. The molecule has 0 saturated carbocycles. The first-order valence-corrected chi connectivity index (χ1v) is 9.74. The van der Waals surface area contributed by atoms with Gasteiger partial charge >= 0.3 is 0 Å². The number of hydrogen-bond donors (Lipinski definition) is 1. The van der Waals surface area contributed by atoms with Gasteiger partial charge in [0.05, 0.1) is 19.9 Å². The molecule has 0 aliphatic rings. The van der Waals surface area contributed by atoms with Crippen LogP contribution >= 0.6 is 0 Å². The van der Waals surface area contributed by atoms with Crippen molar-refractivity contribution < 1.29 is 23.4 Å². The number of ether oxygens (including phenoxy) is 3. The van der Waals surface area contributed by atoms with Gasteiger partial charge in [-0.15, -0.1) is 0 Å². The Morgan fingerprint density at radius 3 is 2.71 bits per heavy atom. The van der Waals surface area contributed by atoms with E-state index in [1.54, 1.807) is 43.6 Å². The molecule has 0 atom stereocenters. The van der Waals surface area contributed by atoms with E-state index in [0.29, 0.717) is 36.6 Å². The summed E-state index contributed by atoms with van der Waals surface area (Å²) in [5.41, 5.74) is 0.549. The number of carbonyl (C=O) groups excluding carboxylic acids is 1. The Morgan fingerprint density at radius 2 is 1.94 bits per heavy atom. The Bertz CT molecular complexity index is 1030. The number of carbonyl (C=O) groups is 1. The molecule has 0 aliphatic heterocycles. The van der Waals surface area contributed by atoms with Gasteiger partial charge in [-0.2, -0.15) is 0 Å². The minimum Gasteiger partial charge on any atom is -0.497 e. The van der Waals surface area contributed by atoms with Gasteiger partial charge in [-0.25, -0.2) is 4.39 Å². The normalized spacial score (nSPS) is 10.6. The number of nitrogens with zero attached hydrogens (tertiary/aromatic N) is 1. The van der Waals surface area contributed by atoms with E-state index in [4.69, 9.17) is 14.2 Å². The van der Waals surface area contributed by atoms with Crippen LogP contribution in [0, 0.1) is 5.82 Å². The van der Waals surface area contributed by atoms with Crippen molar-refractivity contribution in [2.45, 2.75) is 6.42 Å². The van der Waals surface area contributed by atoms with Gasteiger partial charge in [0.1, 0.15) is 17.2 Å². The second kappa shape index (κ2) is 11.3. The van der Waals surface area contributed by atoms with Crippen LogP contribution in [-0.2, 0) is 4.79 Å². The van der Waals surface area contributed by atoms with Gasteiger partial charge in [0, 0.05) is 24.9 Å². The summed E-state index contributed by atoms with van der Waals surface area (Å²) in [5.74, 6) is 1.18. The Hall–Kier alpha value is -3.87. The maximum atomic E-state index is 14.2. The Labute approximate surface area is 180 Å². The van der Waals surface area contributed by atoms with Crippen molar-refractivity contribution in [3.8, 4) is 23.0 Å². The Kier molecular flexibility index (Phi) is 7.99. The van der Waals surface area contributed by atoms with E-state index >= 15 is 0 Å². The molecule has 0 unspecified atom stereocenters. The third kappa shape index (κ3) is 7.15. The van der Waals surface area contributed by atoms with E-state index in [1.807, 2.05) is 18.2 Å². The zero-order valence-corrected chi connectivity index (χ0v) is 17.1. The third-order valence-corrected chi connectivity index (χ3v) is 4.18. The highest BCUT2D eigenvalue weighted by Crippen LogP contribution is 2.24. The molecule has 31 heavy (non-hydrogen) atoms. The molecule has 160 valence electrons. The summed E-state index contributed by atoms with van der Waals surface area (Å²) in [6.45, 7) is 0.917. The molecule has 3 aromatic rings. The van der Waals surface area contributed by atoms with E-state index in [-0.39, 0.29) is 11.7 Å². The lowest BCUT2D eigenvalue weighted by atomic mass is 10.2. The highest BCUT2D eigenvalue weighted by atomic mass is 19.1. The molecular weight excluding hydrogens is 399 g/mol. The molecular formula is C24H23FN2O4. The van der Waals surface area contributed by atoms with Crippen molar-refractivity contribution in [3.05, 3.63) is 84.4 Å². The van der Waals surface area contributed by atoms with Gasteiger partial charge < -0.3 is 19.5 Å². The molecule has 1 amide bonds. The Balaban J connectivity index is 1.40. The first-order chi connectivity index (χ1) is 15.1. The van der Waals surface area contributed by atoms with E-state index in [1.165, 1.54) is 24.4 Å². The van der Waals surface area contributed by atoms with Crippen molar-refractivity contribution in [3.63, 3.8) is 0 Å². The van der Waals surface area contributed by atoms with Crippen LogP contribution in [0.25, 0.3) is 6.08 Å². The summed E-state index contributed by atoms with van der Waals surface area (Å²) >= 11 is 0. The summed E-state index contributed by atoms with van der Waals surface area (Å²) in [4.78, 5) is 15.9. The predicted molar refractivity (Wildman–Crippen MR) is 116 cm³/mol. The molecule has 2 aromatic carbocycles. The van der Waals surface area contributed by atoms with Crippen molar-refractivity contribution >= 4 is 12.0 Å². The number of hydrogen-bond acceptors (Lipinski definition) is 5. The molecule has 0 aliphatic carbocycles. The van der Waals surface area contributed by atoms with E-state index in [2.05, 4.69) is 10.3 Å². The molecule has 1 N–H and O–H groups in total. The zero-order chi connectivity index (χ0) is 21.9. The van der Waals surface area contributed by atoms with Crippen molar-refractivity contribution in [2.24, 2.45) is 0 Å². The fraction of sp³-hybridized carbons (Fsp3) is 0.167. The summed E-state index contributed by atoms with van der Waals surface area (Å²) in [7, 11) is 1.60. The molecule has 6 nitrogen and oxygen atoms in total. The van der Waals surface area contributed by atoms with E-state index in [0.717, 1.165) is 5.75 Å². The lowest BCUT2D eigenvalue weighted by Crippen LogP contribution is -2.23. The quantitative estimate of drug-likeness (QED) is 0.381. The average molecular weight is 422 g/mol. The largest absolute Gasteiger partial charge is 0.497 e. The lowest BCUT2D eigenvalue weighted by Gasteiger charge is -2.08.